The molecule has 3 aromatic rings. The van der Waals surface area contributed by atoms with Gasteiger partial charge in [0.2, 0.25) is 0 Å². The van der Waals surface area contributed by atoms with E-state index in [1.165, 1.54) is 51.7 Å². The van der Waals surface area contributed by atoms with Gasteiger partial charge in [0.25, 0.3) is 23.6 Å². The third-order valence-corrected chi connectivity index (χ3v) is 9.58. The monoisotopic (exact) mass is 608 g/mol. The van der Waals surface area contributed by atoms with E-state index in [1.807, 2.05) is 36.4 Å². The number of rotatable bonds is 3. The summed E-state index contributed by atoms with van der Waals surface area (Å²) >= 11 is 1.43. The molecule has 0 unspecified atom stereocenters. The number of benzene rings is 2. The average molecular weight is 609 g/mol. The van der Waals surface area contributed by atoms with Gasteiger partial charge in [-0.25, -0.2) is 9.59 Å². The van der Waals surface area contributed by atoms with Gasteiger partial charge in [0.05, 0.1) is 0 Å². The molecule has 2 saturated heterocycles. The van der Waals surface area contributed by atoms with E-state index in [1.54, 1.807) is 0 Å². The first-order valence-electron chi connectivity index (χ1n) is 13.8. The quantitative estimate of drug-likeness (QED) is 0.317. The zero-order valence-corrected chi connectivity index (χ0v) is 25.7. The number of carbonyl (C=O) groups is 6. The molecule has 0 bridgehead atoms. The van der Waals surface area contributed by atoms with E-state index in [0.717, 1.165) is 52.3 Å². The van der Waals surface area contributed by atoms with Crippen LogP contribution in [0.3, 0.4) is 0 Å². The zero-order chi connectivity index (χ0) is 31.8. The van der Waals surface area contributed by atoms with Gasteiger partial charge in [0.1, 0.15) is 11.1 Å². The largest absolute Gasteiger partial charge is 0.333 e. The maximum atomic E-state index is 12.7. The van der Waals surface area contributed by atoms with Gasteiger partial charge in [-0.05, 0) is 63.7 Å². The molecule has 222 valence electrons. The summed E-state index contributed by atoms with van der Waals surface area (Å²) in [5.74, 6) is -2.54. The molecule has 3 heterocycles. The Morgan fingerprint density at radius 1 is 0.591 bits per heavy atom. The fraction of sp³-hybridized carbons (Fsp3) is 0.212. The Hall–Kier alpha value is -5.16. The van der Waals surface area contributed by atoms with E-state index in [2.05, 4.69) is 26.0 Å². The number of amides is 8. The number of thiophene rings is 1. The van der Waals surface area contributed by atoms with E-state index in [-0.39, 0.29) is 11.1 Å². The van der Waals surface area contributed by atoms with Gasteiger partial charge in [0, 0.05) is 43.4 Å². The number of hydrogen-bond acceptors (Lipinski definition) is 7. The Morgan fingerprint density at radius 3 is 1.61 bits per heavy atom. The molecule has 2 aliphatic heterocycles. The summed E-state index contributed by atoms with van der Waals surface area (Å²) in [4.78, 5) is 80.3. The fourth-order valence-corrected chi connectivity index (χ4v) is 6.79. The minimum absolute atomic E-state index is 0.0687. The fourth-order valence-electron chi connectivity index (χ4n) is 5.84. The summed E-state index contributed by atoms with van der Waals surface area (Å²) in [6, 6.07) is 14.5. The molecular formula is C33H28N4O6S. The molecular weight excluding hydrogens is 580 g/mol. The van der Waals surface area contributed by atoms with Gasteiger partial charge >= 0.3 is 12.1 Å². The molecule has 2 aromatic carbocycles. The van der Waals surface area contributed by atoms with Crippen molar-refractivity contribution in [1.82, 2.24) is 19.6 Å². The van der Waals surface area contributed by atoms with Crippen LogP contribution >= 0.6 is 11.3 Å². The van der Waals surface area contributed by atoms with Crippen LogP contribution < -0.4 is 0 Å². The zero-order valence-electron chi connectivity index (χ0n) is 24.9. The van der Waals surface area contributed by atoms with E-state index in [9.17, 15) is 28.8 Å². The standard InChI is InChI=1S/C33H28N4O6S/c1-33(2)24-14-17(13-22-27(38)34(3)31(42)35(4)28(22)39)7-10-20(24)21-11-8-18(15-25(21)33)26-12-9-19(44-26)16-23-29(40)36(5)32(43)37(6)30(23)41/h7-16H,1-6H3. The van der Waals surface area contributed by atoms with Crippen molar-refractivity contribution in [3.63, 3.8) is 0 Å². The molecule has 0 spiro atoms. The second kappa shape index (κ2) is 9.95. The van der Waals surface area contributed by atoms with Crippen LogP contribution in [0.15, 0.2) is 59.7 Å². The second-order valence-corrected chi connectivity index (χ2v) is 12.6. The van der Waals surface area contributed by atoms with Crippen LogP contribution in [-0.4, -0.2) is 83.5 Å². The van der Waals surface area contributed by atoms with Crippen molar-refractivity contribution in [2.75, 3.05) is 28.2 Å². The molecule has 0 radical (unpaired) electrons. The molecule has 11 heteroatoms. The lowest BCUT2D eigenvalue weighted by Gasteiger charge is -2.29. The summed E-state index contributed by atoms with van der Waals surface area (Å²) in [5.41, 5.74) is 5.40. The Bertz CT molecular complexity index is 1880. The molecule has 0 saturated carbocycles. The molecule has 44 heavy (non-hydrogen) atoms. The average Bonchev–Trinajstić information content (AvgIpc) is 3.57. The number of barbiturate groups is 2. The number of nitrogens with zero attached hydrogens (tertiary/aromatic N) is 4. The van der Waals surface area contributed by atoms with Gasteiger partial charge < -0.3 is 0 Å². The highest BCUT2D eigenvalue weighted by Gasteiger charge is 2.40. The number of likely N-dealkylation sites (N-methyl/N-ethyl adjacent to an activating group) is 4. The van der Waals surface area contributed by atoms with E-state index in [0.29, 0.717) is 10.4 Å². The van der Waals surface area contributed by atoms with E-state index < -0.39 is 41.1 Å². The Balaban J connectivity index is 1.32. The normalized spacial score (nSPS) is 18.0. The predicted molar refractivity (Wildman–Crippen MR) is 165 cm³/mol. The van der Waals surface area contributed by atoms with Crippen molar-refractivity contribution in [1.29, 1.82) is 0 Å². The molecule has 3 aliphatic rings. The van der Waals surface area contributed by atoms with Crippen molar-refractivity contribution < 1.29 is 28.8 Å². The van der Waals surface area contributed by atoms with Gasteiger partial charge in [0.15, 0.2) is 0 Å². The Kier molecular flexibility index (Phi) is 6.54. The predicted octanol–water partition coefficient (Wildman–Crippen LogP) is 4.59. The first kappa shape index (κ1) is 28.9. The van der Waals surface area contributed by atoms with Crippen LogP contribution in [0.1, 0.15) is 35.4 Å². The number of fused-ring (bicyclic) bond motifs is 3. The van der Waals surface area contributed by atoms with E-state index >= 15 is 0 Å². The first-order chi connectivity index (χ1) is 20.7. The van der Waals surface area contributed by atoms with Crippen LogP contribution in [0.25, 0.3) is 33.7 Å². The van der Waals surface area contributed by atoms with Crippen LogP contribution in [-0.2, 0) is 24.6 Å². The molecule has 2 fully saturated rings. The van der Waals surface area contributed by atoms with Crippen molar-refractivity contribution in [3.05, 3.63) is 81.2 Å². The first-order valence-corrected chi connectivity index (χ1v) is 14.6. The molecule has 0 atom stereocenters. The minimum Gasteiger partial charge on any atom is -0.268 e. The van der Waals surface area contributed by atoms with Gasteiger partial charge in [-0.2, -0.15) is 0 Å². The highest BCUT2D eigenvalue weighted by molar-refractivity contribution is 7.16. The molecule has 1 aromatic heterocycles. The van der Waals surface area contributed by atoms with Crippen molar-refractivity contribution in [2.45, 2.75) is 19.3 Å². The SMILES string of the molecule is CN1C(=O)C(=Cc2ccc3c(c2)C(C)(C)c2cc(-c4ccc(C=C5C(=O)N(C)C(=O)N(C)C5=O)s4)ccc2-3)C(=O)N(C)C1=O. The lowest BCUT2D eigenvalue weighted by Crippen LogP contribution is -2.52. The van der Waals surface area contributed by atoms with Gasteiger partial charge in [-0.15, -0.1) is 11.3 Å². The van der Waals surface area contributed by atoms with Crippen LogP contribution in [0, 0.1) is 0 Å². The maximum absolute atomic E-state index is 12.7. The number of hydrogen-bond donors (Lipinski definition) is 0. The third kappa shape index (κ3) is 4.22. The Labute approximate surface area is 257 Å². The number of imide groups is 4. The summed E-state index contributed by atoms with van der Waals surface area (Å²) in [6.45, 7) is 4.24. The highest BCUT2D eigenvalue weighted by atomic mass is 32.1. The molecule has 1 aliphatic carbocycles. The van der Waals surface area contributed by atoms with Gasteiger partial charge in [-0.3, -0.25) is 38.8 Å². The minimum atomic E-state index is -0.666. The molecule has 0 N–H and O–H groups in total. The highest BCUT2D eigenvalue weighted by Crippen LogP contribution is 2.50. The lowest BCUT2D eigenvalue weighted by molar-refractivity contribution is -0.135. The van der Waals surface area contributed by atoms with Crippen LogP contribution in [0.2, 0.25) is 0 Å². The van der Waals surface area contributed by atoms with Gasteiger partial charge in [-0.1, -0.05) is 44.2 Å². The summed E-state index contributed by atoms with van der Waals surface area (Å²) in [6.07, 6.45) is 3.05. The molecule has 10 nitrogen and oxygen atoms in total. The molecule has 8 amide bonds. The Morgan fingerprint density at radius 2 is 1.07 bits per heavy atom. The summed E-state index contributed by atoms with van der Waals surface area (Å²) in [5, 5.41) is 0. The third-order valence-electron chi connectivity index (χ3n) is 8.50. The second-order valence-electron chi connectivity index (χ2n) is 11.5. The van der Waals surface area contributed by atoms with E-state index in [4.69, 9.17) is 0 Å². The number of carbonyl (C=O) groups excluding carboxylic acids is 6. The van der Waals surface area contributed by atoms with Crippen molar-refractivity contribution in [2.24, 2.45) is 0 Å². The summed E-state index contributed by atoms with van der Waals surface area (Å²) in [7, 11) is 5.40. The van der Waals surface area contributed by atoms with Crippen molar-refractivity contribution >= 4 is 59.2 Å². The van der Waals surface area contributed by atoms with Crippen molar-refractivity contribution in [3.8, 4) is 21.6 Å². The smallest absolute Gasteiger partial charge is 0.268 e. The topological polar surface area (TPSA) is 115 Å². The number of urea groups is 2. The van der Waals surface area contributed by atoms with Crippen LogP contribution in [0.4, 0.5) is 9.59 Å². The van der Waals surface area contributed by atoms with Crippen LogP contribution in [0.5, 0.6) is 0 Å². The summed E-state index contributed by atoms with van der Waals surface area (Å²) < 4.78 is 0. The lowest BCUT2D eigenvalue weighted by atomic mass is 9.81. The maximum Gasteiger partial charge on any atom is 0.333 e. The molecule has 6 rings (SSSR count).